The molecular weight excluding hydrogens is 423 g/mol. The van der Waals surface area contributed by atoms with Crippen molar-refractivity contribution in [1.29, 1.82) is 0 Å². The van der Waals surface area contributed by atoms with Gasteiger partial charge in [0.15, 0.2) is 4.34 Å². The van der Waals surface area contributed by atoms with Crippen LogP contribution in [-0.2, 0) is 9.59 Å². The third-order valence-corrected chi connectivity index (χ3v) is 8.55. The number of anilines is 2. The van der Waals surface area contributed by atoms with E-state index in [1.54, 1.807) is 12.1 Å². The summed E-state index contributed by atoms with van der Waals surface area (Å²) in [5.41, 5.74) is 0.194. The molecule has 0 saturated heterocycles. The van der Waals surface area contributed by atoms with E-state index in [2.05, 4.69) is 20.8 Å². The fraction of sp³-hybridized carbons (Fsp3) is 0.524. The summed E-state index contributed by atoms with van der Waals surface area (Å²) in [5.74, 6) is 1.70. The monoisotopic (exact) mass is 446 g/mol. The number of carbonyl (C=O) groups excluding carboxylic acids is 2. The fourth-order valence-electron chi connectivity index (χ4n) is 5.83. The highest BCUT2D eigenvalue weighted by Crippen LogP contribution is 2.60. The third kappa shape index (κ3) is 4.09. The summed E-state index contributed by atoms with van der Waals surface area (Å²) in [5, 5.41) is 14.3. The van der Waals surface area contributed by atoms with Gasteiger partial charge in [-0.05, 0) is 74.5 Å². The van der Waals surface area contributed by atoms with Crippen LogP contribution in [0.15, 0.2) is 28.6 Å². The van der Waals surface area contributed by atoms with Crippen LogP contribution in [0.5, 0.6) is 0 Å². The highest BCUT2D eigenvalue weighted by atomic mass is 32.2. The molecule has 2 amide bonds. The highest BCUT2D eigenvalue weighted by molar-refractivity contribution is 8.01. The molecule has 6 nitrogen and oxygen atoms in total. The minimum Gasteiger partial charge on any atom is -0.325 e. The number of nitrogens with zero attached hydrogens (tertiary/aromatic N) is 2. The molecule has 4 bridgehead atoms. The van der Waals surface area contributed by atoms with Crippen molar-refractivity contribution in [1.82, 2.24) is 10.2 Å². The molecule has 0 atom stereocenters. The lowest BCUT2D eigenvalue weighted by molar-refractivity contribution is -0.140. The normalized spacial score (nSPS) is 29.0. The van der Waals surface area contributed by atoms with Crippen LogP contribution in [0.1, 0.15) is 38.5 Å². The van der Waals surface area contributed by atoms with E-state index in [-0.39, 0.29) is 23.0 Å². The Hall–Kier alpha value is -2.00. The van der Waals surface area contributed by atoms with Crippen LogP contribution in [0, 0.1) is 29.0 Å². The van der Waals surface area contributed by atoms with E-state index < -0.39 is 5.82 Å². The predicted octanol–water partition coefficient (Wildman–Crippen LogP) is 4.56. The maximum atomic E-state index is 13.2. The van der Waals surface area contributed by atoms with Crippen molar-refractivity contribution < 1.29 is 14.0 Å². The molecule has 0 radical (unpaired) electrons. The van der Waals surface area contributed by atoms with Gasteiger partial charge in [-0.1, -0.05) is 29.2 Å². The Morgan fingerprint density at radius 2 is 1.80 bits per heavy atom. The molecule has 4 saturated carbocycles. The van der Waals surface area contributed by atoms with Crippen LogP contribution in [0.3, 0.4) is 0 Å². The molecule has 6 rings (SSSR count). The molecule has 2 aromatic rings. The first-order valence-corrected chi connectivity index (χ1v) is 12.1. The Labute approximate surface area is 182 Å². The van der Waals surface area contributed by atoms with Gasteiger partial charge in [0.05, 0.1) is 11.2 Å². The van der Waals surface area contributed by atoms with E-state index >= 15 is 0 Å². The number of carbonyl (C=O) groups is 2. The predicted molar refractivity (Wildman–Crippen MR) is 115 cm³/mol. The van der Waals surface area contributed by atoms with E-state index in [0.717, 1.165) is 19.3 Å². The van der Waals surface area contributed by atoms with Crippen LogP contribution in [0.2, 0.25) is 0 Å². The number of nitrogens with one attached hydrogen (secondary N) is 2. The minimum absolute atomic E-state index is 0.0955. The molecule has 4 fully saturated rings. The fourth-order valence-corrected chi connectivity index (χ4v) is 7.37. The molecule has 1 heterocycles. The van der Waals surface area contributed by atoms with Gasteiger partial charge in [0.1, 0.15) is 5.82 Å². The van der Waals surface area contributed by atoms with Crippen LogP contribution in [0.25, 0.3) is 0 Å². The maximum Gasteiger partial charge on any atom is 0.234 e. The lowest BCUT2D eigenvalue weighted by Crippen LogP contribution is -2.51. The molecule has 4 aliphatic carbocycles. The summed E-state index contributed by atoms with van der Waals surface area (Å²) >= 11 is 2.53. The average Bonchev–Trinajstić information content (AvgIpc) is 3.13. The van der Waals surface area contributed by atoms with Gasteiger partial charge >= 0.3 is 0 Å². The number of halogens is 1. The smallest absolute Gasteiger partial charge is 0.234 e. The van der Waals surface area contributed by atoms with Crippen LogP contribution < -0.4 is 10.6 Å². The number of benzene rings is 1. The van der Waals surface area contributed by atoms with Crippen molar-refractivity contribution in [2.45, 2.75) is 42.9 Å². The summed E-state index contributed by atoms with van der Waals surface area (Å²) in [6.45, 7) is 0. The van der Waals surface area contributed by atoms with Gasteiger partial charge in [-0.2, -0.15) is 0 Å². The van der Waals surface area contributed by atoms with Crippen molar-refractivity contribution in [2.75, 3.05) is 16.4 Å². The minimum atomic E-state index is -0.399. The van der Waals surface area contributed by atoms with Crippen molar-refractivity contribution in [3.63, 3.8) is 0 Å². The number of rotatable bonds is 6. The number of thioether (sulfide) groups is 1. The molecule has 0 spiro atoms. The molecule has 1 aromatic carbocycles. The summed E-state index contributed by atoms with van der Waals surface area (Å²) in [4.78, 5) is 25.2. The summed E-state index contributed by atoms with van der Waals surface area (Å²) in [7, 11) is 0. The highest BCUT2D eigenvalue weighted by Gasteiger charge is 2.54. The molecule has 4 aliphatic rings. The zero-order valence-electron chi connectivity index (χ0n) is 16.4. The zero-order chi connectivity index (χ0) is 20.7. The Balaban J connectivity index is 1.15. The first-order valence-electron chi connectivity index (χ1n) is 10.3. The van der Waals surface area contributed by atoms with Gasteiger partial charge in [0.25, 0.3) is 0 Å². The number of amides is 2. The van der Waals surface area contributed by atoms with Gasteiger partial charge in [-0.25, -0.2) is 4.39 Å². The van der Waals surface area contributed by atoms with Crippen molar-refractivity contribution in [2.24, 2.45) is 23.2 Å². The Morgan fingerprint density at radius 1 is 1.10 bits per heavy atom. The molecule has 2 N–H and O–H groups in total. The molecule has 0 aliphatic heterocycles. The second-order valence-electron chi connectivity index (χ2n) is 8.87. The number of aromatic nitrogens is 2. The first kappa shape index (κ1) is 19.9. The van der Waals surface area contributed by atoms with Gasteiger partial charge < -0.3 is 10.6 Å². The first-order chi connectivity index (χ1) is 14.5. The largest absolute Gasteiger partial charge is 0.325 e. The van der Waals surface area contributed by atoms with Crippen LogP contribution >= 0.6 is 23.1 Å². The summed E-state index contributed by atoms with van der Waals surface area (Å²) in [6.07, 6.45) is 6.90. The lowest BCUT2D eigenvalue weighted by atomic mass is 9.49. The molecule has 1 aromatic heterocycles. The number of hydrogen-bond acceptors (Lipinski definition) is 6. The van der Waals surface area contributed by atoms with Crippen LogP contribution in [0.4, 0.5) is 15.2 Å². The van der Waals surface area contributed by atoms with Crippen molar-refractivity contribution in [3.05, 3.63) is 30.1 Å². The molecule has 158 valence electrons. The van der Waals surface area contributed by atoms with E-state index in [4.69, 9.17) is 0 Å². The van der Waals surface area contributed by atoms with Crippen molar-refractivity contribution >= 4 is 45.7 Å². The SMILES string of the molecule is O=C(CSc1nnc(NC(=O)C23CC4CC(CC(C4)C2)C3)s1)Nc1cccc(F)c1. The van der Waals surface area contributed by atoms with Gasteiger partial charge in [0.2, 0.25) is 16.9 Å². The van der Waals surface area contributed by atoms with Gasteiger partial charge in [-0.3, -0.25) is 9.59 Å². The molecule has 0 unspecified atom stereocenters. The Bertz CT molecular complexity index is 944. The van der Waals surface area contributed by atoms with E-state index in [1.807, 2.05) is 0 Å². The van der Waals surface area contributed by atoms with Crippen molar-refractivity contribution in [3.8, 4) is 0 Å². The summed E-state index contributed by atoms with van der Waals surface area (Å²) in [6, 6.07) is 5.77. The van der Waals surface area contributed by atoms with Gasteiger partial charge in [0, 0.05) is 5.69 Å². The Kier molecular flexibility index (Phi) is 5.26. The zero-order valence-corrected chi connectivity index (χ0v) is 18.0. The topological polar surface area (TPSA) is 84.0 Å². The van der Waals surface area contributed by atoms with E-state index in [0.29, 0.717) is 32.9 Å². The average molecular weight is 447 g/mol. The second-order valence-corrected chi connectivity index (χ2v) is 11.1. The Morgan fingerprint density at radius 3 is 2.47 bits per heavy atom. The number of hydrogen-bond donors (Lipinski definition) is 2. The summed E-state index contributed by atoms with van der Waals surface area (Å²) < 4.78 is 13.8. The molecule has 30 heavy (non-hydrogen) atoms. The van der Waals surface area contributed by atoms with E-state index in [9.17, 15) is 14.0 Å². The molecule has 9 heteroatoms. The quantitative estimate of drug-likeness (QED) is 0.502. The van der Waals surface area contributed by atoms with E-state index in [1.165, 1.54) is 54.5 Å². The van der Waals surface area contributed by atoms with Crippen LogP contribution in [-0.4, -0.2) is 27.8 Å². The second kappa shape index (κ2) is 7.92. The van der Waals surface area contributed by atoms with Gasteiger partial charge in [-0.15, -0.1) is 10.2 Å². The third-order valence-electron chi connectivity index (χ3n) is 6.58. The molecular formula is C21H23FN4O2S2. The lowest BCUT2D eigenvalue weighted by Gasteiger charge is -2.55. The standard InChI is InChI=1S/C21H23FN4O2S2/c22-15-2-1-3-16(7-15)23-17(27)11-29-20-26-25-19(30-20)24-18(28)21-8-12-4-13(9-21)6-14(5-12)10-21/h1-3,7,12-14H,4-6,8-11H2,(H,23,27)(H,24,25,28). The maximum absolute atomic E-state index is 13.2.